The SMILES string of the molecule is CC(=O)N(C)C.CCCCCCCCCCO. The highest BCUT2D eigenvalue weighted by Gasteiger charge is 1.89. The van der Waals surface area contributed by atoms with Crippen LogP contribution in [-0.2, 0) is 4.79 Å². The van der Waals surface area contributed by atoms with Crippen molar-refractivity contribution in [3.05, 3.63) is 0 Å². The van der Waals surface area contributed by atoms with E-state index < -0.39 is 0 Å². The molecule has 0 aliphatic carbocycles. The summed E-state index contributed by atoms with van der Waals surface area (Å²) in [5.41, 5.74) is 0. The highest BCUT2D eigenvalue weighted by molar-refractivity contribution is 5.72. The molecule has 0 aliphatic heterocycles. The molecule has 0 unspecified atom stereocenters. The number of aliphatic hydroxyl groups excluding tert-OH is 1. The second-order valence-corrected chi connectivity index (χ2v) is 4.61. The van der Waals surface area contributed by atoms with Crippen LogP contribution in [-0.4, -0.2) is 36.6 Å². The Labute approximate surface area is 107 Å². The molecular formula is C14H31NO2. The summed E-state index contributed by atoms with van der Waals surface area (Å²) in [6, 6.07) is 0. The number of hydrogen-bond acceptors (Lipinski definition) is 2. The topological polar surface area (TPSA) is 40.5 Å². The summed E-state index contributed by atoms with van der Waals surface area (Å²) in [5, 5.41) is 8.51. The number of nitrogens with zero attached hydrogens (tertiary/aromatic N) is 1. The van der Waals surface area contributed by atoms with Crippen LogP contribution in [0.15, 0.2) is 0 Å². The first-order chi connectivity index (χ1) is 8.06. The fourth-order valence-electron chi connectivity index (χ4n) is 1.25. The van der Waals surface area contributed by atoms with Gasteiger partial charge in [-0.25, -0.2) is 0 Å². The van der Waals surface area contributed by atoms with Gasteiger partial charge in [0.2, 0.25) is 5.91 Å². The maximum atomic E-state index is 10.1. The molecule has 104 valence electrons. The Morgan fingerprint density at radius 1 is 0.941 bits per heavy atom. The van der Waals surface area contributed by atoms with E-state index in [0.717, 1.165) is 6.42 Å². The Morgan fingerprint density at radius 3 is 1.59 bits per heavy atom. The summed E-state index contributed by atoms with van der Waals surface area (Å²) in [7, 11) is 3.45. The highest BCUT2D eigenvalue weighted by Crippen LogP contribution is 2.07. The lowest BCUT2D eigenvalue weighted by atomic mass is 10.1. The van der Waals surface area contributed by atoms with Crippen LogP contribution in [0.5, 0.6) is 0 Å². The Bertz CT molecular complexity index is 150. The lowest BCUT2D eigenvalue weighted by Gasteiger charge is -2.02. The van der Waals surface area contributed by atoms with Crippen LogP contribution in [0.1, 0.15) is 65.2 Å². The van der Waals surface area contributed by atoms with E-state index >= 15 is 0 Å². The first-order valence-electron chi connectivity index (χ1n) is 6.85. The zero-order chi connectivity index (χ0) is 13.5. The monoisotopic (exact) mass is 245 g/mol. The third-order valence-corrected chi connectivity index (χ3v) is 2.64. The maximum Gasteiger partial charge on any atom is 0.218 e. The molecule has 0 aromatic heterocycles. The molecule has 0 bridgehead atoms. The third-order valence-electron chi connectivity index (χ3n) is 2.64. The minimum Gasteiger partial charge on any atom is -0.396 e. The van der Waals surface area contributed by atoms with E-state index in [1.807, 2.05) is 0 Å². The molecule has 17 heavy (non-hydrogen) atoms. The maximum absolute atomic E-state index is 10.1. The molecule has 0 atom stereocenters. The summed E-state index contributed by atoms with van der Waals surface area (Å²) in [6.07, 6.45) is 10.4. The molecule has 0 saturated carbocycles. The summed E-state index contributed by atoms with van der Waals surface area (Å²) >= 11 is 0. The van der Waals surface area contributed by atoms with Crippen molar-refractivity contribution >= 4 is 5.91 Å². The third kappa shape index (κ3) is 21.3. The van der Waals surface area contributed by atoms with Gasteiger partial charge in [0, 0.05) is 27.6 Å². The van der Waals surface area contributed by atoms with Gasteiger partial charge < -0.3 is 10.0 Å². The van der Waals surface area contributed by atoms with E-state index in [4.69, 9.17) is 5.11 Å². The Kier molecular flexibility index (Phi) is 17.1. The molecule has 0 saturated heterocycles. The summed E-state index contributed by atoms with van der Waals surface area (Å²) < 4.78 is 0. The quantitative estimate of drug-likeness (QED) is 0.667. The van der Waals surface area contributed by atoms with Crippen LogP contribution < -0.4 is 0 Å². The smallest absolute Gasteiger partial charge is 0.218 e. The molecule has 3 heteroatoms. The molecule has 0 rings (SSSR count). The van der Waals surface area contributed by atoms with Crippen LogP contribution in [0.3, 0.4) is 0 Å². The molecule has 1 amide bonds. The molecule has 0 aromatic rings. The Hall–Kier alpha value is -0.570. The molecule has 0 radical (unpaired) electrons. The average Bonchev–Trinajstić information content (AvgIpc) is 2.29. The molecular weight excluding hydrogens is 214 g/mol. The predicted molar refractivity (Wildman–Crippen MR) is 74.1 cm³/mol. The van der Waals surface area contributed by atoms with E-state index in [-0.39, 0.29) is 5.91 Å². The predicted octanol–water partition coefficient (Wildman–Crippen LogP) is 3.21. The van der Waals surface area contributed by atoms with E-state index in [2.05, 4.69) is 6.92 Å². The van der Waals surface area contributed by atoms with Gasteiger partial charge in [-0.2, -0.15) is 0 Å². The van der Waals surface area contributed by atoms with Crippen LogP contribution in [0.25, 0.3) is 0 Å². The average molecular weight is 245 g/mol. The van der Waals surface area contributed by atoms with Gasteiger partial charge in [0.05, 0.1) is 0 Å². The molecule has 0 heterocycles. The molecule has 0 spiro atoms. The molecule has 0 aromatic carbocycles. The number of unbranched alkanes of at least 4 members (excludes halogenated alkanes) is 7. The Balaban J connectivity index is 0. The van der Waals surface area contributed by atoms with Gasteiger partial charge in [0.25, 0.3) is 0 Å². The zero-order valence-corrected chi connectivity index (χ0v) is 12.2. The standard InChI is InChI=1S/C10H22O.C4H9NO/c1-2-3-4-5-6-7-8-9-10-11;1-4(6)5(2)3/h11H,2-10H2,1H3;1-3H3. The van der Waals surface area contributed by atoms with Crippen molar-refractivity contribution in [2.24, 2.45) is 0 Å². The van der Waals surface area contributed by atoms with E-state index in [1.165, 1.54) is 56.8 Å². The number of rotatable bonds is 8. The van der Waals surface area contributed by atoms with Crippen LogP contribution in [0, 0.1) is 0 Å². The summed E-state index contributed by atoms with van der Waals surface area (Å²) in [5.74, 6) is 0.0926. The lowest BCUT2D eigenvalue weighted by Crippen LogP contribution is -2.17. The van der Waals surface area contributed by atoms with Crippen LogP contribution >= 0.6 is 0 Å². The molecule has 0 aliphatic rings. The van der Waals surface area contributed by atoms with Crippen molar-refractivity contribution < 1.29 is 9.90 Å². The number of amides is 1. The minimum absolute atomic E-state index is 0.0926. The van der Waals surface area contributed by atoms with Gasteiger partial charge in [0.15, 0.2) is 0 Å². The van der Waals surface area contributed by atoms with Crippen molar-refractivity contribution in [2.45, 2.75) is 65.2 Å². The minimum atomic E-state index is 0.0926. The summed E-state index contributed by atoms with van der Waals surface area (Å²) in [6.45, 7) is 4.14. The molecule has 0 fully saturated rings. The number of carbonyl (C=O) groups excluding carboxylic acids is 1. The second-order valence-electron chi connectivity index (χ2n) is 4.61. The van der Waals surface area contributed by atoms with E-state index in [9.17, 15) is 4.79 Å². The van der Waals surface area contributed by atoms with E-state index in [0.29, 0.717) is 6.61 Å². The van der Waals surface area contributed by atoms with Gasteiger partial charge in [0.1, 0.15) is 0 Å². The Morgan fingerprint density at radius 2 is 1.29 bits per heavy atom. The fourth-order valence-corrected chi connectivity index (χ4v) is 1.25. The van der Waals surface area contributed by atoms with Crippen molar-refractivity contribution in [1.82, 2.24) is 4.90 Å². The summed E-state index contributed by atoms with van der Waals surface area (Å²) in [4.78, 5) is 11.6. The first kappa shape index (κ1) is 18.8. The molecule has 1 N–H and O–H groups in total. The van der Waals surface area contributed by atoms with Gasteiger partial charge in [-0.15, -0.1) is 0 Å². The molecule has 3 nitrogen and oxygen atoms in total. The van der Waals surface area contributed by atoms with Crippen LogP contribution in [0.4, 0.5) is 0 Å². The van der Waals surface area contributed by atoms with Crippen molar-refractivity contribution in [2.75, 3.05) is 20.7 Å². The van der Waals surface area contributed by atoms with Crippen molar-refractivity contribution in [3.63, 3.8) is 0 Å². The van der Waals surface area contributed by atoms with Gasteiger partial charge in [-0.05, 0) is 6.42 Å². The van der Waals surface area contributed by atoms with Gasteiger partial charge >= 0.3 is 0 Å². The fraction of sp³-hybridized carbons (Fsp3) is 0.929. The number of carbonyl (C=O) groups is 1. The highest BCUT2D eigenvalue weighted by atomic mass is 16.2. The van der Waals surface area contributed by atoms with Crippen molar-refractivity contribution in [1.29, 1.82) is 0 Å². The van der Waals surface area contributed by atoms with Gasteiger partial charge in [-0.1, -0.05) is 51.9 Å². The normalized spacial score (nSPS) is 9.47. The zero-order valence-electron chi connectivity index (χ0n) is 12.2. The largest absolute Gasteiger partial charge is 0.396 e. The lowest BCUT2D eigenvalue weighted by molar-refractivity contribution is -0.126. The second kappa shape index (κ2) is 15.4. The van der Waals surface area contributed by atoms with Gasteiger partial charge in [-0.3, -0.25) is 4.79 Å². The van der Waals surface area contributed by atoms with E-state index in [1.54, 1.807) is 14.1 Å². The van der Waals surface area contributed by atoms with Crippen molar-refractivity contribution in [3.8, 4) is 0 Å². The number of hydrogen-bond donors (Lipinski definition) is 1. The number of aliphatic hydroxyl groups is 1. The first-order valence-corrected chi connectivity index (χ1v) is 6.85. The van der Waals surface area contributed by atoms with Crippen LogP contribution in [0.2, 0.25) is 0 Å².